The van der Waals surface area contributed by atoms with Crippen molar-refractivity contribution in [2.75, 3.05) is 20.6 Å². The summed E-state index contributed by atoms with van der Waals surface area (Å²) in [6, 6.07) is 0. The number of nitrogens with zero attached hydrogens (tertiary/aromatic N) is 2. The maximum atomic E-state index is 11.6. The highest BCUT2D eigenvalue weighted by molar-refractivity contribution is 6.01. The molecule has 0 unspecified atom stereocenters. The van der Waals surface area contributed by atoms with E-state index in [1.807, 2.05) is 0 Å². The third-order valence-corrected chi connectivity index (χ3v) is 2.05. The minimum atomic E-state index is -0.366. The fraction of sp³-hybridized carbons (Fsp3) is 0.600. The van der Waals surface area contributed by atoms with Crippen LogP contribution in [-0.4, -0.2) is 49.3 Å². The fourth-order valence-electron chi connectivity index (χ4n) is 1.17. The van der Waals surface area contributed by atoms with Crippen molar-refractivity contribution < 1.29 is 4.79 Å². The normalized spacial score (nSPS) is 10.7. The van der Waals surface area contributed by atoms with Crippen LogP contribution in [0.25, 0.3) is 0 Å². The van der Waals surface area contributed by atoms with Gasteiger partial charge in [0.05, 0.1) is 0 Å². The zero-order valence-electron chi connectivity index (χ0n) is 11.3. The number of guanidine groups is 3. The van der Waals surface area contributed by atoms with Gasteiger partial charge in [-0.15, -0.1) is 0 Å². The molecular formula is C10H22N8O. The predicted molar refractivity (Wildman–Crippen MR) is 74.9 cm³/mol. The first-order valence-electron chi connectivity index (χ1n) is 5.80. The van der Waals surface area contributed by atoms with Gasteiger partial charge in [0.25, 0.3) is 0 Å². The lowest BCUT2D eigenvalue weighted by Gasteiger charge is -2.16. The molecule has 108 valence electrons. The summed E-state index contributed by atoms with van der Waals surface area (Å²) in [5.74, 6) is -0.404. The Kier molecular flexibility index (Phi) is 7.66. The van der Waals surface area contributed by atoms with Gasteiger partial charge >= 0.3 is 0 Å². The van der Waals surface area contributed by atoms with Crippen molar-refractivity contribution in [1.82, 2.24) is 15.5 Å². The number of aliphatic imine (C=N–C) groups is 1. The topological polar surface area (TPSA) is 156 Å². The molecule has 0 aliphatic rings. The average Bonchev–Trinajstić information content (AvgIpc) is 2.26. The Morgan fingerprint density at radius 1 is 1.26 bits per heavy atom. The minimum Gasteiger partial charge on any atom is -0.370 e. The second kappa shape index (κ2) is 8.72. The summed E-state index contributed by atoms with van der Waals surface area (Å²) >= 11 is 0. The molecule has 0 spiro atoms. The molecule has 0 aromatic carbocycles. The van der Waals surface area contributed by atoms with Crippen molar-refractivity contribution in [3.63, 3.8) is 0 Å². The molecule has 0 saturated carbocycles. The van der Waals surface area contributed by atoms with Crippen molar-refractivity contribution in [3.8, 4) is 0 Å². The highest BCUT2D eigenvalue weighted by Crippen LogP contribution is 1.94. The number of carbonyl (C=O) groups is 1. The first-order valence-corrected chi connectivity index (χ1v) is 5.80. The van der Waals surface area contributed by atoms with E-state index in [1.54, 1.807) is 19.0 Å². The summed E-state index contributed by atoms with van der Waals surface area (Å²) in [5.41, 5.74) is 10.3. The van der Waals surface area contributed by atoms with Crippen LogP contribution in [0.2, 0.25) is 0 Å². The summed E-state index contributed by atoms with van der Waals surface area (Å²) in [7, 11) is 3.39. The van der Waals surface area contributed by atoms with Crippen LogP contribution in [0, 0.1) is 10.8 Å². The van der Waals surface area contributed by atoms with Gasteiger partial charge in [-0.1, -0.05) is 0 Å². The van der Waals surface area contributed by atoms with Crippen molar-refractivity contribution in [2.24, 2.45) is 16.5 Å². The van der Waals surface area contributed by atoms with E-state index in [9.17, 15) is 4.79 Å². The molecule has 0 saturated heterocycles. The van der Waals surface area contributed by atoms with Gasteiger partial charge in [0.2, 0.25) is 17.8 Å². The Morgan fingerprint density at radius 3 is 2.37 bits per heavy atom. The molecule has 0 fully saturated rings. The summed E-state index contributed by atoms with van der Waals surface area (Å²) in [6.45, 7) is 0.560. The van der Waals surface area contributed by atoms with Gasteiger partial charge in [0, 0.05) is 27.1 Å². The maximum absolute atomic E-state index is 11.6. The van der Waals surface area contributed by atoms with Crippen LogP contribution in [0.15, 0.2) is 4.99 Å². The summed E-state index contributed by atoms with van der Waals surface area (Å²) in [6.07, 6.45) is 1.71. The number of amides is 1. The smallest absolute Gasteiger partial charge is 0.226 e. The van der Waals surface area contributed by atoms with Crippen LogP contribution in [-0.2, 0) is 4.79 Å². The monoisotopic (exact) mass is 270 g/mol. The molecule has 0 rings (SSSR count). The SMILES string of the molecule is CN(C)C(=NC(=N)N)NC(=O)CCCCNC(=N)N. The number of hydrogen-bond donors (Lipinski definition) is 6. The zero-order chi connectivity index (χ0) is 14.8. The van der Waals surface area contributed by atoms with E-state index in [4.69, 9.17) is 22.3 Å². The third-order valence-electron chi connectivity index (χ3n) is 2.05. The first kappa shape index (κ1) is 16.7. The van der Waals surface area contributed by atoms with Crippen LogP contribution < -0.4 is 22.1 Å². The lowest BCUT2D eigenvalue weighted by molar-refractivity contribution is -0.119. The number of nitrogens with two attached hydrogens (primary N) is 2. The van der Waals surface area contributed by atoms with Crippen molar-refractivity contribution in [1.29, 1.82) is 10.8 Å². The lowest BCUT2D eigenvalue weighted by Crippen LogP contribution is -2.41. The molecule has 9 nitrogen and oxygen atoms in total. The number of nitrogens with one attached hydrogen (secondary N) is 4. The van der Waals surface area contributed by atoms with Gasteiger partial charge in [-0.05, 0) is 12.8 Å². The Labute approximate surface area is 112 Å². The van der Waals surface area contributed by atoms with Gasteiger partial charge in [0.1, 0.15) is 0 Å². The predicted octanol–water partition coefficient (Wildman–Crippen LogP) is -1.43. The molecule has 19 heavy (non-hydrogen) atoms. The molecule has 0 bridgehead atoms. The molecular weight excluding hydrogens is 248 g/mol. The van der Waals surface area contributed by atoms with E-state index in [2.05, 4.69) is 15.6 Å². The Balaban J connectivity index is 4.01. The number of hydrogen-bond acceptors (Lipinski definition) is 3. The zero-order valence-corrected chi connectivity index (χ0v) is 11.3. The van der Waals surface area contributed by atoms with Gasteiger partial charge in [-0.25, -0.2) is 0 Å². The Morgan fingerprint density at radius 2 is 1.89 bits per heavy atom. The number of unbranched alkanes of at least 4 members (excludes halogenated alkanes) is 1. The van der Waals surface area contributed by atoms with Gasteiger partial charge in [-0.3, -0.25) is 20.9 Å². The highest BCUT2D eigenvalue weighted by Gasteiger charge is 2.08. The van der Waals surface area contributed by atoms with E-state index in [0.29, 0.717) is 19.4 Å². The quantitative estimate of drug-likeness (QED) is 0.205. The molecule has 0 aromatic rings. The fourth-order valence-corrected chi connectivity index (χ4v) is 1.17. The summed E-state index contributed by atoms with van der Waals surface area (Å²) in [5, 5.41) is 19.3. The van der Waals surface area contributed by atoms with Crippen molar-refractivity contribution >= 4 is 23.8 Å². The van der Waals surface area contributed by atoms with E-state index in [-0.39, 0.29) is 23.8 Å². The molecule has 0 aliphatic heterocycles. The van der Waals surface area contributed by atoms with Crippen LogP contribution >= 0.6 is 0 Å². The largest absolute Gasteiger partial charge is 0.370 e. The summed E-state index contributed by atoms with van der Waals surface area (Å²) < 4.78 is 0. The van der Waals surface area contributed by atoms with Crippen LogP contribution in [0.3, 0.4) is 0 Å². The van der Waals surface area contributed by atoms with E-state index in [0.717, 1.165) is 6.42 Å². The Hall–Kier alpha value is -2.32. The molecule has 0 radical (unpaired) electrons. The summed E-state index contributed by atoms with van der Waals surface area (Å²) in [4.78, 5) is 16.9. The standard InChI is InChI=1S/C10H22N8O/c1-18(2)10(17-9(13)14)16-7(19)5-3-4-6-15-8(11)12/h3-6H2,1-2H3,(H4,11,12,15)(H4,13,14,16,17,19). The van der Waals surface area contributed by atoms with Crippen LogP contribution in [0.4, 0.5) is 0 Å². The molecule has 9 heteroatoms. The van der Waals surface area contributed by atoms with E-state index >= 15 is 0 Å². The lowest BCUT2D eigenvalue weighted by atomic mass is 10.2. The molecule has 0 aliphatic carbocycles. The second-order valence-corrected chi connectivity index (χ2v) is 4.06. The van der Waals surface area contributed by atoms with Crippen LogP contribution in [0.1, 0.15) is 19.3 Å². The minimum absolute atomic E-state index is 0.0760. The van der Waals surface area contributed by atoms with Gasteiger partial charge < -0.3 is 21.7 Å². The molecule has 0 aromatic heterocycles. The molecule has 0 heterocycles. The average molecular weight is 270 g/mol. The van der Waals surface area contributed by atoms with E-state index in [1.165, 1.54) is 0 Å². The second-order valence-electron chi connectivity index (χ2n) is 4.06. The Bertz CT molecular complexity index is 363. The van der Waals surface area contributed by atoms with Gasteiger partial charge in [0.15, 0.2) is 5.96 Å². The molecule has 1 amide bonds. The number of carbonyl (C=O) groups excluding carboxylic acids is 1. The highest BCUT2D eigenvalue weighted by atomic mass is 16.1. The van der Waals surface area contributed by atoms with E-state index < -0.39 is 0 Å². The maximum Gasteiger partial charge on any atom is 0.226 e. The molecule has 0 atom stereocenters. The van der Waals surface area contributed by atoms with Crippen LogP contribution in [0.5, 0.6) is 0 Å². The van der Waals surface area contributed by atoms with Crippen molar-refractivity contribution in [2.45, 2.75) is 19.3 Å². The van der Waals surface area contributed by atoms with Crippen molar-refractivity contribution in [3.05, 3.63) is 0 Å². The first-order chi connectivity index (χ1) is 8.82. The van der Waals surface area contributed by atoms with Gasteiger partial charge in [-0.2, -0.15) is 4.99 Å². The number of rotatable bonds is 5. The third kappa shape index (κ3) is 9.39. The molecule has 8 N–H and O–H groups in total.